The molecule has 0 spiro atoms. The monoisotopic (exact) mass is 355 g/mol. The predicted octanol–water partition coefficient (Wildman–Crippen LogP) is 2.34. The van der Waals surface area contributed by atoms with Crippen LogP contribution in [0.3, 0.4) is 0 Å². The minimum atomic E-state index is 0.0692. The van der Waals surface area contributed by atoms with Crippen molar-refractivity contribution in [2.24, 2.45) is 5.92 Å². The Morgan fingerprint density at radius 2 is 1.96 bits per heavy atom. The lowest BCUT2D eigenvalue weighted by atomic mass is 9.93. The Kier molecular flexibility index (Phi) is 5.25. The number of rotatable bonds is 5. The summed E-state index contributed by atoms with van der Waals surface area (Å²) in [5.41, 5.74) is 1.33. The van der Waals surface area contributed by atoms with Crippen molar-refractivity contribution in [1.29, 1.82) is 0 Å². The summed E-state index contributed by atoms with van der Waals surface area (Å²) in [7, 11) is 0. The second kappa shape index (κ2) is 7.78. The first-order chi connectivity index (χ1) is 12.7. The number of piperidine rings is 1. The predicted molar refractivity (Wildman–Crippen MR) is 100 cm³/mol. The Bertz CT molecular complexity index is 648. The number of fused-ring (bicyclic) bond motifs is 1. The molecule has 26 heavy (non-hydrogen) atoms. The van der Waals surface area contributed by atoms with Crippen LogP contribution in [0.5, 0.6) is 0 Å². The van der Waals surface area contributed by atoms with Crippen LogP contribution in [0.2, 0.25) is 0 Å². The number of nitrogens with zero attached hydrogens (tertiary/aromatic N) is 2. The average Bonchev–Trinajstić information content (AvgIpc) is 3.26. The number of hydrogen-bond acceptors (Lipinski definition) is 3. The summed E-state index contributed by atoms with van der Waals surface area (Å²) in [6.07, 6.45) is 5.95. The van der Waals surface area contributed by atoms with Crippen LogP contribution in [0.1, 0.15) is 50.1 Å². The molecule has 0 aliphatic carbocycles. The molecule has 5 nitrogen and oxygen atoms in total. The van der Waals surface area contributed by atoms with Gasteiger partial charge in [0.05, 0.1) is 5.92 Å². The second-order valence-electron chi connectivity index (χ2n) is 7.85. The zero-order valence-corrected chi connectivity index (χ0v) is 15.4. The molecule has 0 bridgehead atoms. The summed E-state index contributed by atoms with van der Waals surface area (Å²) in [6.45, 7) is 3.15. The van der Waals surface area contributed by atoms with Crippen LogP contribution in [0.25, 0.3) is 0 Å². The normalized spacial score (nSPS) is 29.0. The van der Waals surface area contributed by atoms with Gasteiger partial charge >= 0.3 is 0 Å². The highest BCUT2D eigenvalue weighted by Gasteiger charge is 2.46. The lowest BCUT2D eigenvalue weighted by Crippen LogP contribution is -2.43. The molecule has 3 fully saturated rings. The van der Waals surface area contributed by atoms with Crippen LogP contribution in [0.4, 0.5) is 0 Å². The Morgan fingerprint density at radius 1 is 1.12 bits per heavy atom. The maximum atomic E-state index is 12.8. The number of carbonyl (C=O) groups excluding carboxylic acids is 2. The van der Waals surface area contributed by atoms with Crippen molar-refractivity contribution in [3.63, 3.8) is 0 Å². The lowest BCUT2D eigenvalue weighted by Gasteiger charge is -2.27. The fourth-order valence-electron chi connectivity index (χ4n) is 4.99. The third-order valence-electron chi connectivity index (χ3n) is 6.31. The largest absolute Gasteiger partial charge is 0.354 e. The SMILES string of the molecule is O=C(NCCN1CCCCC1=O)[C@@H]1C[C@H](c2ccccc2)N2CCC[C@@H]12. The van der Waals surface area contributed by atoms with Crippen LogP contribution >= 0.6 is 0 Å². The van der Waals surface area contributed by atoms with E-state index >= 15 is 0 Å². The van der Waals surface area contributed by atoms with Gasteiger partial charge in [0, 0.05) is 38.1 Å². The molecule has 5 heteroatoms. The first-order valence-corrected chi connectivity index (χ1v) is 10.1. The molecule has 0 saturated carbocycles. The molecule has 1 N–H and O–H groups in total. The summed E-state index contributed by atoms with van der Waals surface area (Å²) in [5, 5.41) is 3.12. The summed E-state index contributed by atoms with van der Waals surface area (Å²) in [4.78, 5) is 29.2. The fourth-order valence-corrected chi connectivity index (χ4v) is 4.99. The highest BCUT2D eigenvalue weighted by atomic mass is 16.2. The van der Waals surface area contributed by atoms with E-state index in [9.17, 15) is 9.59 Å². The van der Waals surface area contributed by atoms with Gasteiger partial charge < -0.3 is 10.2 Å². The Balaban J connectivity index is 1.34. The maximum absolute atomic E-state index is 12.8. The van der Waals surface area contributed by atoms with Crippen molar-refractivity contribution < 1.29 is 9.59 Å². The number of amides is 2. The number of nitrogens with one attached hydrogen (secondary N) is 1. The molecule has 3 heterocycles. The maximum Gasteiger partial charge on any atom is 0.224 e. The van der Waals surface area contributed by atoms with Crippen LogP contribution in [0.15, 0.2) is 30.3 Å². The van der Waals surface area contributed by atoms with Crippen molar-refractivity contribution >= 4 is 11.8 Å². The highest BCUT2D eigenvalue weighted by molar-refractivity contribution is 5.80. The zero-order chi connectivity index (χ0) is 17.9. The van der Waals surface area contributed by atoms with Crippen molar-refractivity contribution in [3.8, 4) is 0 Å². The van der Waals surface area contributed by atoms with E-state index in [4.69, 9.17) is 0 Å². The molecule has 1 aromatic carbocycles. The van der Waals surface area contributed by atoms with Crippen LogP contribution < -0.4 is 5.32 Å². The molecule has 2 amide bonds. The minimum Gasteiger partial charge on any atom is -0.354 e. The fraction of sp³-hybridized carbons (Fsp3) is 0.619. The van der Waals surface area contributed by atoms with Gasteiger partial charge in [-0.2, -0.15) is 0 Å². The molecule has 3 atom stereocenters. The van der Waals surface area contributed by atoms with Gasteiger partial charge in [0.25, 0.3) is 0 Å². The van der Waals surface area contributed by atoms with E-state index in [0.717, 1.165) is 38.8 Å². The standard InChI is InChI=1S/C21H29N3O2/c25-20-10-4-5-12-23(20)14-11-22-21(26)17-15-19(16-7-2-1-3-8-16)24-13-6-9-18(17)24/h1-3,7-8,17-19H,4-6,9-15H2,(H,22,26)/t17-,18+,19-/m1/s1. The number of carbonyl (C=O) groups is 2. The smallest absolute Gasteiger partial charge is 0.224 e. The zero-order valence-electron chi connectivity index (χ0n) is 15.4. The van der Waals surface area contributed by atoms with Crippen molar-refractivity contribution in [1.82, 2.24) is 15.1 Å². The van der Waals surface area contributed by atoms with Crippen LogP contribution in [-0.4, -0.2) is 53.8 Å². The van der Waals surface area contributed by atoms with Gasteiger partial charge in [-0.25, -0.2) is 0 Å². The van der Waals surface area contributed by atoms with Crippen LogP contribution in [0, 0.1) is 5.92 Å². The molecule has 140 valence electrons. The number of likely N-dealkylation sites (tertiary alicyclic amines) is 1. The van der Waals surface area contributed by atoms with Gasteiger partial charge in [-0.05, 0) is 44.2 Å². The Hall–Kier alpha value is -1.88. The van der Waals surface area contributed by atoms with E-state index in [1.54, 1.807) is 0 Å². The number of benzene rings is 1. The van der Waals surface area contributed by atoms with E-state index in [-0.39, 0.29) is 17.7 Å². The average molecular weight is 355 g/mol. The summed E-state index contributed by atoms with van der Waals surface area (Å²) in [5.74, 6) is 0.474. The quantitative estimate of drug-likeness (QED) is 0.882. The van der Waals surface area contributed by atoms with Crippen molar-refractivity contribution in [2.75, 3.05) is 26.2 Å². The highest BCUT2D eigenvalue weighted by Crippen LogP contribution is 2.44. The summed E-state index contributed by atoms with van der Waals surface area (Å²) < 4.78 is 0. The molecule has 3 aliphatic rings. The Morgan fingerprint density at radius 3 is 2.77 bits per heavy atom. The van der Waals surface area contributed by atoms with Gasteiger partial charge in [-0.3, -0.25) is 14.5 Å². The molecule has 0 radical (unpaired) electrons. The molecule has 0 unspecified atom stereocenters. The van der Waals surface area contributed by atoms with Gasteiger partial charge in [0.1, 0.15) is 0 Å². The summed E-state index contributed by atoms with van der Waals surface area (Å²) in [6, 6.07) is 11.3. The topological polar surface area (TPSA) is 52.7 Å². The van der Waals surface area contributed by atoms with Crippen molar-refractivity contribution in [3.05, 3.63) is 35.9 Å². The third kappa shape index (κ3) is 3.50. The number of hydrogen-bond donors (Lipinski definition) is 1. The van der Waals surface area contributed by atoms with E-state index in [1.807, 2.05) is 11.0 Å². The van der Waals surface area contributed by atoms with Crippen LogP contribution in [-0.2, 0) is 9.59 Å². The summed E-state index contributed by atoms with van der Waals surface area (Å²) >= 11 is 0. The van der Waals surface area contributed by atoms with E-state index < -0.39 is 0 Å². The first-order valence-electron chi connectivity index (χ1n) is 10.1. The van der Waals surface area contributed by atoms with Gasteiger partial charge in [0.15, 0.2) is 0 Å². The van der Waals surface area contributed by atoms with E-state index in [1.165, 1.54) is 12.0 Å². The van der Waals surface area contributed by atoms with E-state index in [2.05, 4.69) is 34.5 Å². The molecule has 1 aromatic rings. The second-order valence-corrected chi connectivity index (χ2v) is 7.85. The van der Waals surface area contributed by atoms with Gasteiger partial charge in [-0.15, -0.1) is 0 Å². The van der Waals surface area contributed by atoms with Gasteiger partial charge in [-0.1, -0.05) is 30.3 Å². The van der Waals surface area contributed by atoms with E-state index in [0.29, 0.717) is 31.6 Å². The lowest BCUT2D eigenvalue weighted by molar-refractivity contribution is -0.134. The minimum absolute atomic E-state index is 0.0692. The molecular formula is C21H29N3O2. The van der Waals surface area contributed by atoms with Gasteiger partial charge in [0.2, 0.25) is 11.8 Å². The molecule has 3 aliphatic heterocycles. The Labute approximate surface area is 155 Å². The molecule has 4 rings (SSSR count). The molecule has 0 aromatic heterocycles. The third-order valence-corrected chi connectivity index (χ3v) is 6.31. The molecule has 3 saturated heterocycles. The molecular weight excluding hydrogens is 326 g/mol. The first kappa shape index (κ1) is 17.5. The van der Waals surface area contributed by atoms with Crippen molar-refractivity contribution in [2.45, 2.75) is 50.6 Å².